The van der Waals surface area contributed by atoms with Crippen molar-refractivity contribution in [2.24, 2.45) is 0 Å². The number of aryl methyl sites for hydroxylation is 1. The van der Waals surface area contributed by atoms with E-state index in [0.29, 0.717) is 11.0 Å². The van der Waals surface area contributed by atoms with Gasteiger partial charge in [0, 0.05) is 20.1 Å². The Hall–Kier alpha value is -1.81. The summed E-state index contributed by atoms with van der Waals surface area (Å²) in [6, 6.07) is 8.46. The quantitative estimate of drug-likeness (QED) is 0.879. The van der Waals surface area contributed by atoms with Gasteiger partial charge in [0.25, 0.3) is 0 Å². The minimum Gasteiger partial charge on any atom is -0.354 e. The van der Waals surface area contributed by atoms with E-state index in [2.05, 4.69) is 53.4 Å². The van der Waals surface area contributed by atoms with E-state index in [1.807, 2.05) is 11.9 Å². The second-order valence-corrected chi connectivity index (χ2v) is 5.54. The van der Waals surface area contributed by atoms with Crippen LogP contribution in [0.2, 0.25) is 5.02 Å². The first kappa shape index (κ1) is 15.6. The van der Waals surface area contributed by atoms with E-state index in [9.17, 15) is 0 Å². The molecule has 1 N–H and O–H groups in total. The van der Waals surface area contributed by atoms with E-state index >= 15 is 0 Å². The van der Waals surface area contributed by atoms with Crippen LogP contribution in [-0.2, 0) is 6.54 Å². The van der Waals surface area contributed by atoms with Crippen LogP contribution in [0.1, 0.15) is 24.5 Å². The molecule has 112 valence electrons. The lowest BCUT2D eigenvalue weighted by atomic mass is 10.1. The van der Waals surface area contributed by atoms with Crippen molar-refractivity contribution >= 4 is 23.4 Å². The Bertz CT molecular complexity index is 583. The molecule has 0 radical (unpaired) electrons. The standard InChI is InChI=1S/C16H21ClN4/c1-4-9-18-16-19-10-14(17)15(20-16)21(3)11-13-7-5-12(2)6-8-13/h5-8,10H,4,9,11H2,1-3H3,(H,18,19,20). The molecule has 1 heterocycles. The minimum absolute atomic E-state index is 0.562. The molecule has 0 saturated heterocycles. The van der Waals surface area contributed by atoms with E-state index < -0.39 is 0 Å². The summed E-state index contributed by atoms with van der Waals surface area (Å²) in [7, 11) is 1.98. The van der Waals surface area contributed by atoms with Crippen LogP contribution in [0.25, 0.3) is 0 Å². The average Bonchev–Trinajstić information content (AvgIpc) is 2.48. The Morgan fingerprint density at radius 1 is 1.24 bits per heavy atom. The highest BCUT2D eigenvalue weighted by atomic mass is 35.5. The second-order valence-electron chi connectivity index (χ2n) is 5.13. The first-order chi connectivity index (χ1) is 10.1. The highest BCUT2D eigenvalue weighted by Crippen LogP contribution is 2.24. The molecule has 2 aromatic rings. The topological polar surface area (TPSA) is 41.1 Å². The van der Waals surface area contributed by atoms with Crippen molar-refractivity contribution < 1.29 is 0 Å². The van der Waals surface area contributed by atoms with E-state index in [4.69, 9.17) is 11.6 Å². The molecule has 0 aliphatic rings. The van der Waals surface area contributed by atoms with E-state index in [-0.39, 0.29) is 0 Å². The van der Waals surface area contributed by atoms with Gasteiger partial charge in [0.15, 0.2) is 5.82 Å². The van der Waals surface area contributed by atoms with Crippen LogP contribution in [0.5, 0.6) is 0 Å². The molecule has 0 amide bonds. The molecule has 0 saturated carbocycles. The fourth-order valence-corrected chi connectivity index (χ4v) is 2.23. The van der Waals surface area contributed by atoms with E-state index in [0.717, 1.165) is 25.3 Å². The van der Waals surface area contributed by atoms with Crippen LogP contribution >= 0.6 is 11.6 Å². The first-order valence-electron chi connectivity index (χ1n) is 7.13. The Labute approximate surface area is 131 Å². The van der Waals surface area contributed by atoms with Gasteiger partial charge in [0.1, 0.15) is 5.02 Å². The van der Waals surface area contributed by atoms with Gasteiger partial charge in [-0.15, -0.1) is 0 Å². The maximum Gasteiger partial charge on any atom is 0.224 e. The predicted octanol–water partition coefficient (Wildman–Crippen LogP) is 3.90. The van der Waals surface area contributed by atoms with Crippen LogP contribution in [0.15, 0.2) is 30.5 Å². The summed E-state index contributed by atoms with van der Waals surface area (Å²) in [5, 5.41) is 3.74. The summed E-state index contributed by atoms with van der Waals surface area (Å²) < 4.78 is 0. The molecule has 0 aliphatic heterocycles. The Balaban J connectivity index is 2.13. The summed E-state index contributed by atoms with van der Waals surface area (Å²) in [5.74, 6) is 1.36. The van der Waals surface area contributed by atoms with Crippen molar-refractivity contribution in [1.29, 1.82) is 0 Å². The summed E-state index contributed by atoms with van der Waals surface area (Å²) in [6.45, 7) is 5.79. The summed E-state index contributed by atoms with van der Waals surface area (Å²) >= 11 is 6.22. The molecule has 0 aliphatic carbocycles. The van der Waals surface area contributed by atoms with Gasteiger partial charge in [-0.2, -0.15) is 4.98 Å². The molecule has 4 nitrogen and oxygen atoms in total. The normalized spacial score (nSPS) is 10.5. The fourth-order valence-electron chi connectivity index (χ4n) is 1.99. The zero-order chi connectivity index (χ0) is 15.2. The largest absolute Gasteiger partial charge is 0.354 e. The van der Waals surface area contributed by atoms with E-state index in [1.165, 1.54) is 11.1 Å². The van der Waals surface area contributed by atoms with Crippen molar-refractivity contribution in [1.82, 2.24) is 9.97 Å². The summed E-state index contributed by atoms with van der Waals surface area (Å²) in [4.78, 5) is 10.7. The van der Waals surface area contributed by atoms with Crippen molar-refractivity contribution in [2.45, 2.75) is 26.8 Å². The van der Waals surface area contributed by atoms with Crippen molar-refractivity contribution in [3.05, 3.63) is 46.6 Å². The lowest BCUT2D eigenvalue weighted by Crippen LogP contribution is -2.19. The van der Waals surface area contributed by atoms with Crippen LogP contribution in [0, 0.1) is 6.92 Å². The number of aromatic nitrogens is 2. The number of halogens is 1. The van der Waals surface area contributed by atoms with Crippen molar-refractivity contribution in [3.63, 3.8) is 0 Å². The zero-order valence-electron chi connectivity index (χ0n) is 12.7. The predicted molar refractivity (Wildman–Crippen MR) is 89.1 cm³/mol. The molecule has 5 heteroatoms. The van der Waals surface area contributed by atoms with Crippen molar-refractivity contribution in [3.8, 4) is 0 Å². The number of anilines is 2. The Kier molecular flexibility index (Phi) is 5.39. The molecule has 0 unspecified atom stereocenters. The molecular formula is C16H21ClN4. The molecular weight excluding hydrogens is 284 g/mol. The lowest BCUT2D eigenvalue weighted by molar-refractivity contribution is 0.884. The molecule has 0 atom stereocenters. The maximum absolute atomic E-state index is 6.22. The SMILES string of the molecule is CCCNc1ncc(Cl)c(N(C)Cc2ccc(C)cc2)n1. The molecule has 0 spiro atoms. The van der Waals surface area contributed by atoms with Gasteiger partial charge < -0.3 is 10.2 Å². The van der Waals surface area contributed by atoms with E-state index in [1.54, 1.807) is 6.20 Å². The number of nitrogens with one attached hydrogen (secondary N) is 1. The van der Waals surface area contributed by atoms with Gasteiger partial charge in [-0.25, -0.2) is 4.98 Å². The highest BCUT2D eigenvalue weighted by molar-refractivity contribution is 6.32. The zero-order valence-corrected chi connectivity index (χ0v) is 13.5. The number of hydrogen-bond donors (Lipinski definition) is 1. The van der Waals surface area contributed by atoms with Gasteiger partial charge in [-0.3, -0.25) is 0 Å². The van der Waals surface area contributed by atoms with Gasteiger partial charge >= 0.3 is 0 Å². The third-order valence-corrected chi connectivity index (χ3v) is 3.43. The summed E-state index contributed by atoms with van der Waals surface area (Å²) in [6.07, 6.45) is 2.67. The number of benzene rings is 1. The molecule has 0 bridgehead atoms. The first-order valence-corrected chi connectivity index (χ1v) is 7.51. The molecule has 1 aromatic carbocycles. The van der Waals surface area contributed by atoms with Gasteiger partial charge in [0.2, 0.25) is 5.95 Å². The Morgan fingerprint density at radius 3 is 2.62 bits per heavy atom. The van der Waals surface area contributed by atoms with Crippen LogP contribution < -0.4 is 10.2 Å². The van der Waals surface area contributed by atoms with Gasteiger partial charge in [-0.05, 0) is 18.9 Å². The van der Waals surface area contributed by atoms with Gasteiger partial charge in [-0.1, -0.05) is 48.4 Å². The molecule has 2 rings (SSSR count). The fraction of sp³-hybridized carbons (Fsp3) is 0.375. The maximum atomic E-state index is 6.22. The highest BCUT2D eigenvalue weighted by Gasteiger charge is 2.10. The second kappa shape index (κ2) is 7.27. The number of nitrogens with zero attached hydrogens (tertiary/aromatic N) is 3. The molecule has 21 heavy (non-hydrogen) atoms. The van der Waals surface area contributed by atoms with Gasteiger partial charge in [0.05, 0.1) is 6.20 Å². The smallest absolute Gasteiger partial charge is 0.224 e. The molecule has 1 aromatic heterocycles. The Morgan fingerprint density at radius 2 is 1.95 bits per heavy atom. The van der Waals surface area contributed by atoms with Crippen LogP contribution in [0.4, 0.5) is 11.8 Å². The monoisotopic (exact) mass is 304 g/mol. The summed E-state index contributed by atoms with van der Waals surface area (Å²) in [5.41, 5.74) is 2.48. The van der Waals surface area contributed by atoms with Crippen molar-refractivity contribution in [2.75, 3.05) is 23.8 Å². The van der Waals surface area contributed by atoms with Crippen LogP contribution in [0.3, 0.4) is 0 Å². The minimum atomic E-state index is 0.562. The third kappa shape index (κ3) is 4.33. The lowest BCUT2D eigenvalue weighted by Gasteiger charge is -2.20. The van der Waals surface area contributed by atoms with Crippen LogP contribution in [-0.4, -0.2) is 23.6 Å². The number of rotatable bonds is 6. The number of hydrogen-bond acceptors (Lipinski definition) is 4. The third-order valence-electron chi connectivity index (χ3n) is 3.16. The average molecular weight is 305 g/mol. The molecule has 0 fully saturated rings.